The van der Waals surface area contributed by atoms with Gasteiger partial charge in [0.25, 0.3) is 0 Å². The fourth-order valence-corrected chi connectivity index (χ4v) is 3.98. The minimum Gasteiger partial charge on any atom is -0.493 e. The Morgan fingerprint density at radius 1 is 1.04 bits per heavy atom. The van der Waals surface area contributed by atoms with E-state index in [1.54, 1.807) is 6.07 Å². The molecule has 1 atom stereocenters. The SMILES string of the molecule is O=C(NC1CCN(Cc2ccccc2F)CC1)N[C@H]1CCOc2ccccc21. The molecule has 0 radical (unpaired) electrons. The van der Waals surface area contributed by atoms with Crippen LogP contribution in [-0.4, -0.2) is 36.7 Å². The van der Waals surface area contributed by atoms with Gasteiger partial charge in [-0.25, -0.2) is 9.18 Å². The van der Waals surface area contributed by atoms with Crippen molar-refractivity contribution in [1.82, 2.24) is 15.5 Å². The number of hydrogen-bond donors (Lipinski definition) is 2. The lowest BCUT2D eigenvalue weighted by molar-refractivity contribution is 0.182. The Balaban J connectivity index is 1.25. The van der Waals surface area contributed by atoms with Crippen molar-refractivity contribution in [2.24, 2.45) is 0 Å². The molecule has 0 saturated carbocycles. The maximum atomic E-state index is 13.8. The van der Waals surface area contributed by atoms with E-state index in [1.807, 2.05) is 36.4 Å². The summed E-state index contributed by atoms with van der Waals surface area (Å²) in [6, 6.07) is 14.7. The topological polar surface area (TPSA) is 53.6 Å². The zero-order valence-electron chi connectivity index (χ0n) is 15.9. The van der Waals surface area contributed by atoms with Gasteiger partial charge in [-0.15, -0.1) is 0 Å². The molecular formula is C22H26FN3O2. The molecule has 0 aliphatic carbocycles. The molecule has 2 amide bonds. The number of hydrogen-bond acceptors (Lipinski definition) is 3. The molecule has 5 nitrogen and oxygen atoms in total. The number of para-hydroxylation sites is 1. The highest BCUT2D eigenvalue weighted by atomic mass is 19.1. The highest BCUT2D eigenvalue weighted by Gasteiger charge is 2.25. The summed E-state index contributed by atoms with van der Waals surface area (Å²) in [5.41, 5.74) is 1.76. The van der Waals surface area contributed by atoms with Crippen molar-refractivity contribution in [2.75, 3.05) is 19.7 Å². The van der Waals surface area contributed by atoms with E-state index in [9.17, 15) is 9.18 Å². The number of nitrogens with one attached hydrogen (secondary N) is 2. The summed E-state index contributed by atoms with van der Waals surface area (Å²) < 4.78 is 19.5. The average Bonchev–Trinajstić information content (AvgIpc) is 2.71. The number of amides is 2. The van der Waals surface area contributed by atoms with E-state index >= 15 is 0 Å². The summed E-state index contributed by atoms with van der Waals surface area (Å²) in [4.78, 5) is 14.7. The molecule has 2 heterocycles. The fourth-order valence-electron chi connectivity index (χ4n) is 3.98. The van der Waals surface area contributed by atoms with Crippen LogP contribution in [0.15, 0.2) is 48.5 Å². The Kier molecular flexibility index (Phi) is 5.76. The Labute approximate surface area is 164 Å². The second-order valence-electron chi connectivity index (χ2n) is 7.49. The van der Waals surface area contributed by atoms with E-state index < -0.39 is 0 Å². The molecule has 2 aromatic rings. The number of rotatable bonds is 4. The number of piperidine rings is 1. The van der Waals surface area contributed by atoms with Crippen LogP contribution in [0, 0.1) is 5.82 Å². The second-order valence-corrected chi connectivity index (χ2v) is 7.49. The molecule has 0 spiro atoms. The number of carbonyl (C=O) groups is 1. The van der Waals surface area contributed by atoms with Crippen molar-refractivity contribution in [3.05, 3.63) is 65.5 Å². The van der Waals surface area contributed by atoms with Crippen LogP contribution in [0.25, 0.3) is 0 Å². The van der Waals surface area contributed by atoms with Crippen LogP contribution in [0.1, 0.15) is 36.4 Å². The van der Waals surface area contributed by atoms with E-state index in [4.69, 9.17) is 4.74 Å². The largest absolute Gasteiger partial charge is 0.493 e. The van der Waals surface area contributed by atoms with Crippen LogP contribution in [-0.2, 0) is 6.54 Å². The molecule has 148 valence electrons. The number of fused-ring (bicyclic) bond motifs is 1. The van der Waals surface area contributed by atoms with Gasteiger partial charge in [-0.1, -0.05) is 36.4 Å². The Morgan fingerprint density at radius 2 is 1.79 bits per heavy atom. The molecule has 0 bridgehead atoms. The Morgan fingerprint density at radius 3 is 2.61 bits per heavy atom. The van der Waals surface area contributed by atoms with E-state index in [2.05, 4.69) is 15.5 Å². The van der Waals surface area contributed by atoms with Crippen molar-refractivity contribution in [3.8, 4) is 5.75 Å². The monoisotopic (exact) mass is 383 g/mol. The minimum absolute atomic E-state index is 0.0221. The van der Waals surface area contributed by atoms with Crippen molar-refractivity contribution >= 4 is 6.03 Å². The maximum Gasteiger partial charge on any atom is 0.315 e. The average molecular weight is 383 g/mol. The number of carbonyl (C=O) groups excluding carboxylic acids is 1. The number of urea groups is 1. The zero-order valence-corrected chi connectivity index (χ0v) is 15.9. The lowest BCUT2D eigenvalue weighted by Crippen LogP contribution is -2.48. The minimum atomic E-state index is -0.154. The van der Waals surface area contributed by atoms with Gasteiger partial charge in [0.1, 0.15) is 11.6 Å². The first kappa shape index (κ1) is 18.7. The molecule has 0 aromatic heterocycles. The summed E-state index contributed by atoms with van der Waals surface area (Å²) in [6.45, 7) is 2.92. The standard InChI is InChI=1S/C22H26FN3O2/c23-19-7-3-1-5-16(19)15-26-12-9-17(10-13-26)24-22(27)25-20-11-14-28-21-8-4-2-6-18(20)21/h1-8,17,20H,9-15H2,(H2,24,25,27)/t20-/m0/s1. The zero-order chi connectivity index (χ0) is 19.3. The Bertz CT molecular complexity index is 821. The van der Waals surface area contributed by atoms with E-state index in [0.29, 0.717) is 13.2 Å². The van der Waals surface area contributed by atoms with Gasteiger partial charge >= 0.3 is 6.03 Å². The molecule has 6 heteroatoms. The number of halogens is 1. The molecular weight excluding hydrogens is 357 g/mol. The summed E-state index contributed by atoms with van der Waals surface area (Å²) >= 11 is 0. The summed E-state index contributed by atoms with van der Waals surface area (Å²) in [5.74, 6) is 0.694. The molecule has 1 saturated heterocycles. The predicted octanol–water partition coefficient (Wildman–Crippen LogP) is 3.61. The van der Waals surface area contributed by atoms with Gasteiger partial charge in [-0.3, -0.25) is 4.90 Å². The summed E-state index contributed by atoms with van der Waals surface area (Å²) in [6.07, 6.45) is 2.50. The van der Waals surface area contributed by atoms with Crippen LogP contribution < -0.4 is 15.4 Å². The smallest absolute Gasteiger partial charge is 0.315 e. The van der Waals surface area contributed by atoms with Gasteiger partial charge in [-0.2, -0.15) is 0 Å². The second kappa shape index (κ2) is 8.61. The van der Waals surface area contributed by atoms with Crippen molar-refractivity contribution in [2.45, 2.75) is 37.9 Å². The van der Waals surface area contributed by atoms with Crippen LogP contribution >= 0.6 is 0 Å². The predicted molar refractivity (Wildman–Crippen MR) is 106 cm³/mol. The third-order valence-corrected chi connectivity index (χ3v) is 5.54. The van der Waals surface area contributed by atoms with Crippen molar-refractivity contribution in [3.63, 3.8) is 0 Å². The molecule has 28 heavy (non-hydrogen) atoms. The lowest BCUT2D eigenvalue weighted by Gasteiger charge is -2.33. The number of benzene rings is 2. The number of likely N-dealkylation sites (tertiary alicyclic amines) is 1. The first-order valence-electron chi connectivity index (χ1n) is 9.93. The van der Waals surface area contributed by atoms with Gasteiger partial charge in [-0.05, 0) is 25.0 Å². The summed E-state index contributed by atoms with van der Waals surface area (Å²) in [7, 11) is 0. The van der Waals surface area contributed by atoms with Gasteiger partial charge in [0.05, 0.1) is 12.6 Å². The van der Waals surface area contributed by atoms with Crippen LogP contribution in [0.5, 0.6) is 5.75 Å². The number of ether oxygens (including phenoxy) is 1. The van der Waals surface area contributed by atoms with Crippen LogP contribution in [0.3, 0.4) is 0 Å². The lowest BCUT2D eigenvalue weighted by atomic mass is 10.0. The van der Waals surface area contributed by atoms with Crippen molar-refractivity contribution in [1.29, 1.82) is 0 Å². The molecule has 2 aromatic carbocycles. The first-order chi connectivity index (χ1) is 13.7. The van der Waals surface area contributed by atoms with Gasteiger partial charge in [0.15, 0.2) is 0 Å². The van der Waals surface area contributed by atoms with E-state index in [-0.39, 0.29) is 23.9 Å². The summed E-state index contributed by atoms with van der Waals surface area (Å²) in [5, 5.41) is 6.19. The van der Waals surface area contributed by atoms with Crippen LogP contribution in [0.2, 0.25) is 0 Å². The Hall–Kier alpha value is -2.60. The van der Waals surface area contributed by atoms with Gasteiger partial charge in [0, 0.05) is 43.2 Å². The molecule has 2 N–H and O–H groups in total. The fraction of sp³-hybridized carbons (Fsp3) is 0.409. The third kappa shape index (κ3) is 4.44. The van der Waals surface area contributed by atoms with Crippen molar-refractivity contribution < 1.29 is 13.9 Å². The molecule has 1 fully saturated rings. The highest BCUT2D eigenvalue weighted by Crippen LogP contribution is 2.31. The van der Waals surface area contributed by atoms with E-state index in [0.717, 1.165) is 49.2 Å². The number of nitrogens with zero attached hydrogens (tertiary/aromatic N) is 1. The quantitative estimate of drug-likeness (QED) is 0.848. The maximum absolute atomic E-state index is 13.8. The van der Waals surface area contributed by atoms with Gasteiger partial charge in [0.2, 0.25) is 0 Å². The van der Waals surface area contributed by atoms with Gasteiger partial charge < -0.3 is 15.4 Å². The third-order valence-electron chi connectivity index (χ3n) is 5.54. The van der Waals surface area contributed by atoms with Crippen LogP contribution in [0.4, 0.5) is 9.18 Å². The van der Waals surface area contributed by atoms with E-state index in [1.165, 1.54) is 6.07 Å². The first-order valence-corrected chi connectivity index (χ1v) is 9.93. The molecule has 0 unspecified atom stereocenters. The normalized spacial score (nSPS) is 20.1. The molecule has 4 rings (SSSR count). The highest BCUT2D eigenvalue weighted by molar-refractivity contribution is 5.75. The molecule has 2 aliphatic rings. The molecule has 2 aliphatic heterocycles.